The third kappa shape index (κ3) is 3.27. The second kappa shape index (κ2) is 7.62. The van der Waals surface area contributed by atoms with Gasteiger partial charge in [0.25, 0.3) is 0 Å². The number of fused-ring (bicyclic) bond motifs is 3. The number of carbonyl (C=O) groups excluding carboxylic acids is 2. The molecule has 1 saturated heterocycles. The lowest BCUT2D eigenvalue weighted by Crippen LogP contribution is -2.52. The van der Waals surface area contributed by atoms with Crippen LogP contribution in [0.15, 0.2) is 54.9 Å². The second-order valence-corrected chi connectivity index (χ2v) is 8.72. The van der Waals surface area contributed by atoms with Gasteiger partial charge in [0.05, 0.1) is 23.8 Å². The van der Waals surface area contributed by atoms with Crippen LogP contribution in [-0.4, -0.2) is 48.4 Å². The first-order valence-corrected chi connectivity index (χ1v) is 10.8. The number of nitrogens with zero attached hydrogens (tertiary/aromatic N) is 3. The van der Waals surface area contributed by atoms with Crippen molar-refractivity contribution in [2.45, 2.75) is 18.4 Å². The maximum atomic E-state index is 14.0. The Labute approximate surface area is 185 Å². The highest BCUT2D eigenvalue weighted by Gasteiger charge is 2.52. The molecule has 0 radical (unpaired) electrons. The molecule has 2 aromatic carbocycles. The van der Waals surface area contributed by atoms with Gasteiger partial charge in [0.1, 0.15) is 0 Å². The maximum Gasteiger partial charge on any atom is 0.239 e. The zero-order valence-corrected chi connectivity index (χ0v) is 18.0. The summed E-state index contributed by atoms with van der Waals surface area (Å²) in [7, 11) is 1.63. The number of benzene rings is 2. The fraction of sp³-hybridized carbons (Fsp3) is 0.292. The zero-order valence-electron chi connectivity index (χ0n) is 17.3. The van der Waals surface area contributed by atoms with E-state index in [1.165, 1.54) is 0 Å². The number of halogens is 1. The average molecular weight is 435 g/mol. The van der Waals surface area contributed by atoms with Gasteiger partial charge in [-0.1, -0.05) is 41.9 Å². The maximum absolute atomic E-state index is 14.0. The minimum absolute atomic E-state index is 0.0378. The van der Waals surface area contributed by atoms with Gasteiger partial charge in [-0.05, 0) is 29.7 Å². The predicted molar refractivity (Wildman–Crippen MR) is 121 cm³/mol. The van der Waals surface area contributed by atoms with Crippen LogP contribution in [0, 0.1) is 0 Å². The molecule has 1 fully saturated rings. The molecule has 2 aliphatic rings. The van der Waals surface area contributed by atoms with Crippen LogP contribution in [-0.2, 0) is 21.5 Å². The lowest BCUT2D eigenvalue weighted by atomic mass is 9.73. The molecular weight excluding hydrogens is 412 g/mol. The van der Waals surface area contributed by atoms with Gasteiger partial charge in [0.15, 0.2) is 0 Å². The summed E-state index contributed by atoms with van der Waals surface area (Å²) in [6.07, 6.45) is 4.24. The molecule has 2 amide bonds. The Morgan fingerprint density at radius 1 is 1.23 bits per heavy atom. The topological polar surface area (TPSA) is 65.5 Å². The van der Waals surface area contributed by atoms with Gasteiger partial charge in [-0.3, -0.25) is 19.5 Å². The van der Waals surface area contributed by atoms with E-state index in [9.17, 15) is 9.59 Å². The highest BCUT2D eigenvalue weighted by Crippen LogP contribution is 2.45. The van der Waals surface area contributed by atoms with E-state index < -0.39 is 5.41 Å². The number of nitrogens with one attached hydrogen (secondary N) is 1. The molecule has 31 heavy (non-hydrogen) atoms. The van der Waals surface area contributed by atoms with E-state index in [0.29, 0.717) is 31.1 Å². The third-order valence-electron chi connectivity index (χ3n) is 6.48. The number of pyridine rings is 1. The van der Waals surface area contributed by atoms with Crippen molar-refractivity contribution < 1.29 is 9.59 Å². The van der Waals surface area contributed by atoms with Crippen LogP contribution in [0.4, 0.5) is 5.69 Å². The molecule has 0 saturated carbocycles. The molecule has 1 N–H and O–H groups in total. The summed E-state index contributed by atoms with van der Waals surface area (Å²) in [5, 5.41) is 5.31. The summed E-state index contributed by atoms with van der Waals surface area (Å²) >= 11 is 6.35. The lowest BCUT2D eigenvalue weighted by molar-refractivity contribution is -0.126. The molecule has 0 aliphatic carbocycles. The van der Waals surface area contributed by atoms with E-state index >= 15 is 0 Å². The monoisotopic (exact) mass is 434 g/mol. The van der Waals surface area contributed by atoms with E-state index in [2.05, 4.69) is 15.2 Å². The number of amides is 2. The Kier molecular flexibility index (Phi) is 4.91. The molecule has 3 heterocycles. The van der Waals surface area contributed by atoms with Gasteiger partial charge in [-0.25, -0.2) is 0 Å². The zero-order chi connectivity index (χ0) is 21.6. The summed E-state index contributed by atoms with van der Waals surface area (Å²) in [4.78, 5) is 34.4. The SMILES string of the molecule is CNC(=O)CN1Cc2ccc(Cl)cc2C2(CCN(c3cncc4ccccc34)C2=O)C1. The number of hydrogen-bond donors (Lipinski definition) is 1. The Bertz CT molecular complexity index is 1190. The molecule has 3 aromatic rings. The molecule has 0 bridgehead atoms. The van der Waals surface area contributed by atoms with Crippen molar-refractivity contribution in [3.05, 3.63) is 71.0 Å². The van der Waals surface area contributed by atoms with Gasteiger partial charge in [0.2, 0.25) is 11.8 Å². The molecule has 1 aromatic heterocycles. The molecule has 7 heteroatoms. The highest BCUT2D eigenvalue weighted by atomic mass is 35.5. The first kappa shape index (κ1) is 20.0. The largest absolute Gasteiger partial charge is 0.358 e. The van der Waals surface area contributed by atoms with Crippen LogP contribution in [0.2, 0.25) is 5.02 Å². The van der Waals surface area contributed by atoms with Crippen LogP contribution in [0.3, 0.4) is 0 Å². The molecule has 1 atom stereocenters. The Morgan fingerprint density at radius 3 is 2.90 bits per heavy atom. The second-order valence-electron chi connectivity index (χ2n) is 8.29. The van der Waals surface area contributed by atoms with Crippen LogP contribution in [0.5, 0.6) is 0 Å². The van der Waals surface area contributed by atoms with E-state index in [1.54, 1.807) is 13.2 Å². The van der Waals surface area contributed by atoms with Crippen LogP contribution in [0.25, 0.3) is 10.8 Å². The molecular formula is C24H23ClN4O2. The predicted octanol–water partition coefficient (Wildman–Crippen LogP) is 3.12. The smallest absolute Gasteiger partial charge is 0.239 e. The fourth-order valence-electron chi connectivity index (χ4n) is 5.00. The number of likely N-dealkylation sites (N-methyl/N-ethyl adjacent to an activating group) is 1. The molecule has 158 valence electrons. The number of aromatic nitrogens is 1. The van der Waals surface area contributed by atoms with Crippen LogP contribution in [0.1, 0.15) is 17.5 Å². The average Bonchev–Trinajstić information content (AvgIpc) is 3.10. The molecule has 6 nitrogen and oxygen atoms in total. The van der Waals surface area contributed by atoms with Gasteiger partial charge in [-0.2, -0.15) is 0 Å². The summed E-state index contributed by atoms with van der Waals surface area (Å²) in [5.74, 6) is -0.0242. The van der Waals surface area contributed by atoms with E-state index in [4.69, 9.17) is 11.6 Å². The lowest BCUT2D eigenvalue weighted by Gasteiger charge is -2.40. The molecule has 5 rings (SSSR count). The fourth-order valence-corrected chi connectivity index (χ4v) is 5.17. The van der Waals surface area contributed by atoms with Gasteiger partial charge < -0.3 is 10.2 Å². The minimum Gasteiger partial charge on any atom is -0.358 e. The Hall–Kier alpha value is -2.96. The first-order chi connectivity index (χ1) is 15.0. The molecule has 1 spiro atoms. The number of rotatable bonds is 3. The number of hydrogen-bond acceptors (Lipinski definition) is 4. The highest BCUT2D eigenvalue weighted by molar-refractivity contribution is 6.30. The first-order valence-electron chi connectivity index (χ1n) is 10.4. The number of anilines is 1. The summed E-state index contributed by atoms with van der Waals surface area (Å²) in [6, 6.07) is 13.7. The number of carbonyl (C=O) groups is 2. The van der Waals surface area contributed by atoms with Gasteiger partial charge in [-0.15, -0.1) is 0 Å². The van der Waals surface area contributed by atoms with Crippen LogP contribution >= 0.6 is 11.6 Å². The van der Waals surface area contributed by atoms with E-state index in [-0.39, 0.29) is 18.4 Å². The van der Waals surface area contributed by atoms with E-state index in [0.717, 1.165) is 27.6 Å². The summed E-state index contributed by atoms with van der Waals surface area (Å²) < 4.78 is 0. The van der Waals surface area contributed by atoms with Crippen molar-refractivity contribution in [1.29, 1.82) is 0 Å². The van der Waals surface area contributed by atoms with Crippen molar-refractivity contribution in [2.24, 2.45) is 0 Å². The normalized spacial score (nSPS) is 21.0. The molecule has 2 aliphatic heterocycles. The summed E-state index contributed by atoms with van der Waals surface area (Å²) in [5.41, 5.74) is 2.12. The van der Waals surface area contributed by atoms with Crippen molar-refractivity contribution in [2.75, 3.05) is 31.6 Å². The van der Waals surface area contributed by atoms with Gasteiger partial charge >= 0.3 is 0 Å². The van der Waals surface area contributed by atoms with E-state index in [1.807, 2.05) is 53.6 Å². The summed E-state index contributed by atoms with van der Waals surface area (Å²) in [6.45, 7) is 1.95. The van der Waals surface area contributed by atoms with Crippen molar-refractivity contribution in [3.8, 4) is 0 Å². The standard InChI is InChI=1S/C24H23ClN4O2/c1-26-22(30)14-28-13-17-6-7-18(25)10-20(17)24(15-28)8-9-29(23(24)31)21-12-27-11-16-4-2-3-5-19(16)21/h2-7,10-12H,8-9,13-15H2,1H3,(H,26,30). The Balaban J connectivity index is 1.59. The van der Waals surface area contributed by atoms with Crippen molar-refractivity contribution in [1.82, 2.24) is 15.2 Å². The Morgan fingerprint density at radius 2 is 2.06 bits per heavy atom. The van der Waals surface area contributed by atoms with Crippen molar-refractivity contribution in [3.63, 3.8) is 0 Å². The van der Waals surface area contributed by atoms with Crippen molar-refractivity contribution >= 4 is 39.9 Å². The molecule has 1 unspecified atom stereocenters. The minimum atomic E-state index is -0.733. The third-order valence-corrected chi connectivity index (χ3v) is 6.71. The quantitative estimate of drug-likeness (QED) is 0.687. The van der Waals surface area contributed by atoms with Gasteiger partial charge in [0, 0.05) is 48.7 Å². The van der Waals surface area contributed by atoms with Crippen LogP contribution < -0.4 is 10.2 Å².